The number of Topliss-reactive ketones (excluding diaryl/α,β-unsaturated/α-hetero) is 1. The van der Waals surface area contributed by atoms with Gasteiger partial charge in [-0.15, -0.1) is 17.8 Å². The van der Waals surface area contributed by atoms with Crippen LogP contribution in [-0.4, -0.2) is 5.78 Å². The molecule has 0 saturated carbocycles. The normalized spacial score (nSPS) is 9.77. The number of terminal acetylenes is 1. The maximum absolute atomic E-state index is 11.2. The van der Waals surface area contributed by atoms with Crippen molar-refractivity contribution in [1.29, 1.82) is 0 Å². The topological polar surface area (TPSA) is 17.1 Å². The second-order valence-electron chi connectivity index (χ2n) is 2.62. The van der Waals surface area contributed by atoms with Crippen LogP contribution < -0.4 is 0 Å². The Labute approximate surface area is 80.0 Å². The molecule has 2 aromatic rings. The van der Waals surface area contributed by atoms with Crippen molar-refractivity contribution in [2.75, 3.05) is 0 Å². The fraction of sp³-hybridized carbons (Fsp3) is 0. The lowest BCUT2D eigenvalue weighted by Gasteiger charge is -1.82. The largest absolute Gasteiger partial charge is 0.278 e. The number of fused-ring (bicyclic) bond motifs is 1. The van der Waals surface area contributed by atoms with Crippen LogP contribution in [0.1, 0.15) is 9.67 Å². The molecule has 1 aromatic heterocycles. The number of carbonyl (C=O) groups is 1. The summed E-state index contributed by atoms with van der Waals surface area (Å²) in [5.41, 5.74) is 0. The van der Waals surface area contributed by atoms with E-state index in [0.717, 1.165) is 10.1 Å². The third-order valence-corrected chi connectivity index (χ3v) is 2.90. The summed E-state index contributed by atoms with van der Waals surface area (Å²) in [5, 5.41) is 1.08. The Balaban J connectivity index is 2.64. The number of rotatable bonds is 1. The SMILES string of the molecule is C#CC(=O)c1cc2ccccc2s1. The van der Waals surface area contributed by atoms with Crippen molar-refractivity contribution < 1.29 is 4.79 Å². The lowest BCUT2D eigenvalue weighted by molar-refractivity contribution is 0.106. The van der Waals surface area contributed by atoms with Gasteiger partial charge in [0, 0.05) is 4.70 Å². The van der Waals surface area contributed by atoms with Crippen molar-refractivity contribution in [3.63, 3.8) is 0 Å². The third-order valence-electron chi connectivity index (χ3n) is 1.78. The smallest absolute Gasteiger partial charge is 0.245 e. The molecule has 0 fully saturated rings. The van der Waals surface area contributed by atoms with E-state index in [9.17, 15) is 4.79 Å². The number of benzene rings is 1. The highest BCUT2D eigenvalue weighted by atomic mass is 32.1. The van der Waals surface area contributed by atoms with Crippen molar-refractivity contribution in [1.82, 2.24) is 0 Å². The standard InChI is InChI=1S/C11H6OS/c1-2-9(12)11-7-8-5-3-4-6-10(8)13-11/h1,3-7H. The third kappa shape index (κ3) is 1.34. The lowest BCUT2D eigenvalue weighted by atomic mass is 10.2. The summed E-state index contributed by atoms with van der Waals surface area (Å²) in [6.07, 6.45) is 5.03. The van der Waals surface area contributed by atoms with Crippen LogP contribution >= 0.6 is 11.3 Å². The highest BCUT2D eigenvalue weighted by Gasteiger charge is 2.06. The Hall–Kier alpha value is -1.59. The van der Waals surface area contributed by atoms with E-state index < -0.39 is 0 Å². The van der Waals surface area contributed by atoms with E-state index in [1.165, 1.54) is 11.3 Å². The Kier molecular flexibility index (Phi) is 1.88. The number of ketones is 1. The van der Waals surface area contributed by atoms with E-state index in [4.69, 9.17) is 6.42 Å². The van der Waals surface area contributed by atoms with E-state index in [2.05, 4.69) is 5.92 Å². The molecule has 0 N–H and O–H groups in total. The molecule has 0 spiro atoms. The van der Waals surface area contributed by atoms with Gasteiger partial charge in [0.15, 0.2) is 0 Å². The Bertz CT molecular complexity index is 469. The average molecular weight is 186 g/mol. The molecular weight excluding hydrogens is 180 g/mol. The molecule has 0 aliphatic carbocycles. The molecule has 2 heteroatoms. The van der Waals surface area contributed by atoms with Crippen LogP contribution in [0.3, 0.4) is 0 Å². The van der Waals surface area contributed by atoms with Crippen molar-refractivity contribution >= 4 is 27.2 Å². The fourth-order valence-electron chi connectivity index (χ4n) is 1.16. The summed E-state index contributed by atoms with van der Waals surface area (Å²) in [7, 11) is 0. The highest BCUT2D eigenvalue weighted by molar-refractivity contribution is 7.21. The maximum atomic E-state index is 11.2. The zero-order valence-corrected chi connectivity index (χ0v) is 7.60. The molecule has 1 heterocycles. The van der Waals surface area contributed by atoms with Gasteiger partial charge < -0.3 is 0 Å². The fourth-order valence-corrected chi connectivity index (χ4v) is 2.13. The quantitative estimate of drug-likeness (QED) is 0.380. The van der Waals surface area contributed by atoms with Crippen LogP contribution in [0.15, 0.2) is 30.3 Å². The van der Waals surface area contributed by atoms with Gasteiger partial charge in [0.2, 0.25) is 5.78 Å². The molecule has 0 unspecified atom stereocenters. The van der Waals surface area contributed by atoms with Gasteiger partial charge in [-0.25, -0.2) is 0 Å². The second-order valence-corrected chi connectivity index (χ2v) is 3.71. The zero-order valence-electron chi connectivity index (χ0n) is 6.78. The van der Waals surface area contributed by atoms with Gasteiger partial charge in [-0.05, 0) is 23.4 Å². The molecular formula is C11H6OS. The monoisotopic (exact) mass is 186 g/mol. The minimum Gasteiger partial charge on any atom is -0.278 e. The number of hydrogen-bond donors (Lipinski definition) is 0. The molecule has 13 heavy (non-hydrogen) atoms. The molecule has 0 aliphatic rings. The van der Waals surface area contributed by atoms with Crippen molar-refractivity contribution in [2.45, 2.75) is 0 Å². The molecule has 0 aliphatic heterocycles. The molecule has 1 nitrogen and oxygen atoms in total. The van der Waals surface area contributed by atoms with Crippen molar-refractivity contribution in [3.05, 3.63) is 35.2 Å². The first kappa shape index (κ1) is 8.03. The Morgan fingerprint density at radius 1 is 1.38 bits per heavy atom. The highest BCUT2D eigenvalue weighted by Crippen LogP contribution is 2.25. The number of thiophene rings is 1. The van der Waals surface area contributed by atoms with E-state index in [0.29, 0.717) is 4.88 Å². The predicted molar refractivity (Wildman–Crippen MR) is 55.0 cm³/mol. The average Bonchev–Trinajstić information content (AvgIpc) is 2.59. The summed E-state index contributed by atoms with van der Waals surface area (Å²) in [6.45, 7) is 0. The molecule has 0 atom stereocenters. The van der Waals surface area contributed by atoms with Crippen LogP contribution in [0, 0.1) is 12.3 Å². The predicted octanol–water partition coefficient (Wildman–Crippen LogP) is 2.72. The van der Waals surface area contributed by atoms with Crippen LogP contribution in [-0.2, 0) is 0 Å². The lowest BCUT2D eigenvalue weighted by Crippen LogP contribution is -1.87. The summed E-state index contributed by atoms with van der Waals surface area (Å²) >= 11 is 1.44. The van der Waals surface area contributed by atoms with Crippen LogP contribution in [0.2, 0.25) is 0 Å². The summed E-state index contributed by atoms with van der Waals surface area (Å²) in [5.74, 6) is 1.88. The number of hydrogen-bond acceptors (Lipinski definition) is 2. The maximum Gasteiger partial charge on any atom is 0.245 e. The zero-order chi connectivity index (χ0) is 9.26. The van der Waals surface area contributed by atoms with Gasteiger partial charge in [-0.2, -0.15) is 0 Å². The minimum absolute atomic E-state index is 0.235. The molecule has 0 radical (unpaired) electrons. The Morgan fingerprint density at radius 2 is 2.15 bits per heavy atom. The molecule has 1 aromatic carbocycles. The summed E-state index contributed by atoms with van der Waals surface area (Å²) < 4.78 is 1.10. The van der Waals surface area contributed by atoms with Gasteiger partial charge in [-0.1, -0.05) is 18.2 Å². The van der Waals surface area contributed by atoms with E-state index in [1.807, 2.05) is 30.3 Å². The van der Waals surface area contributed by atoms with E-state index >= 15 is 0 Å². The van der Waals surface area contributed by atoms with Crippen molar-refractivity contribution in [3.8, 4) is 12.3 Å². The molecule has 0 bridgehead atoms. The van der Waals surface area contributed by atoms with Gasteiger partial charge in [0.05, 0.1) is 4.88 Å². The number of carbonyl (C=O) groups excluding carboxylic acids is 1. The Morgan fingerprint density at radius 3 is 2.85 bits per heavy atom. The summed E-state index contributed by atoms with van der Waals surface area (Å²) in [6, 6.07) is 9.68. The first-order valence-corrected chi connectivity index (χ1v) is 4.62. The van der Waals surface area contributed by atoms with Gasteiger partial charge in [-0.3, -0.25) is 4.79 Å². The molecule has 62 valence electrons. The minimum atomic E-state index is -0.235. The van der Waals surface area contributed by atoms with Crippen molar-refractivity contribution in [2.24, 2.45) is 0 Å². The van der Waals surface area contributed by atoms with Gasteiger partial charge in [0.25, 0.3) is 0 Å². The molecule has 0 saturated heterocycles. The van der Waals surface area contributed by atoms with Crippen LogP contribution in [0.5, 0.6) is 0 Å². The summed E-state index contributed by atoms with van der Waals surface area (Å²) in [4.78, 5) is 11.8. The van der Waals surface area contributed by atoms with Gasteiger partial charge in [0.1, 0.15) is 0 Å². The molecule has 2 rings (SSSR count). The van der Waals surface area contributed by atoms with Gasteiger partial charge >= 0.3 is 0 Å². The molecule has 0 amide bonds. The second kappa shape index (κ2) is 3.04. The van der Waals surface area contributed by atoms with E-state index in [1.54, 1.807) is 0 Å². The van der Waals surface area contributed by atoms with E-state index in [-0.39, 0.29) is 5.78 Å². The van der Waals surface area contributed by atoms with Crippen LogP contribution in [0.25, 0.3) is 10.1 Å². The van der Waals surface area contributed by atoms with Crippen LogP contribution in [0.4, 0.5) is 0 Å². The first-order valence-electron chi connectivity index (χ1n) is 3.81. The first-order chi connectivity index (χ1) is 6.31.